The fourth-order valence-corrected chi connectivity index (χ4v) is 0.0894. The Bertz CT molecular complexity index is 31.7. The van der Waals surface area contributed by atoms with Gasteiger partial charge >= 0.3 is 22.9 Å². The van der Waals surface area contributed by atoms with Gasteiger partial charge in [-0.05, 0) is 0 Å². The van der Waals surface area contributed by atoms with E-state index >= 15 is 0 Å². The van der Waals surface area contributed by atoms with Crippen molar-refractivity contribution in [2.45, 2.75) is 0 Å². The predicted molar refractivity (Wildman–Crippen MR) is 25.8 cm³/mol. The summed E-state index contributed by atoms with van der Waals surface area (Å²) in [7, 11) is 1.50. The first kappa shape index (κ1) is 7.03. The van der Waals surface area contributed by atoms with Crippen LogP contribution in [0.25, 0.3) is 0 Å². The maximum atomic E-state index is 7.94. The Balaban J connectivity index is 2.99. The average molecular weight is 97.5 g/mol. The highest BCUT2D eigenvalue weighted by atomic mass is 16.2. The molecule has 7 heavy (non-hydrogen) atoms. The first-order valence-electron chi connectivity index (χ1n) is 1.55. The van der Waals surface area contributed by atoms with E-state index in [9.17, 15) is 0 Å². The Kier molecular flexibility index (Phi) is 4.22. The van der Waals surface area contributed by atoms with Gasteiger partial charge < -0.3 is 19.7 Å². The minimum Gasteiger partial charge on any atom is -0.441 e. The molecule has 0 fully saturated rings. The molecular weight excluding hydrogens is 94.4 g/mol. The van der Waals surface area contributed by atoms with Crippen molar-refractivity contribution in [2.24, 2.45) is 0 Å². The van der Waals surface area contributed by atoms with Crippen LogP contribution in [0.2, 0.25) is 0 Å². The molecule has 0 aromatic carbocycles. The third-order valence-corrected chi connectivity index (χ3v) is 0.400. The normalized spacial score (nSPS) is 8.57. The summed E-state index contributed by atoms with van der Waals surface area (Å²) in [4.78, 5) is 0. The molecular formula is H3B3NO3. The minimum atomic E-state index is 0.500. The minimum absolute atomic E-state index is 0.500. The molecule has 35 valence electrons. The Morgan fingerprint density at radius 2 is 1.14 bits per heavy atom. The van der Waals surface area contributed by atoms with Crippen LogP contribution in [0.4, 0.5) is 0 Å². The molecule has 0 aliphatic heterocycles. The first-order valence-corrected chi connectivity index (χ1v) is 1.55. The smallest absolute Gasteiger partial charge is 0.374 e. The van der Waals surface area contributed by atoms with Crippen molar-refractivity contribution < 1.29 is 15.1 Å². The summed E-state index contributed by atoms with van der Waals surface area (Å²) in [6.07, 6.45) is 0. The van der Waals surface area contributed by atoms with Gasteiger partial charge in [0, 0.05) is 0 Å². The van der Waals surface area contributed by atoms with Gasteiger partial charge in [-0.1, -0.05) is 0 Å². The van der Waals surface area contributed by atoms with Crippen molar-refractivity contribution in [3.63, 3.8) is 0 Å². The molecule has 0 saturated heterocycles. The summed E-state index contributed by atoms with van der Waals surface area (Å²) in [6, 6.07) is 0. The molecule has 0 heterocycles. The van der Waals surface area contributed by atoms with Gasteiger partial charge in [-0.2, -0.15) is 0 Å². The number of rotatable bonds is 3. The van der Waals surface area contributed by atoms with Crippen LogP contribution in [0.15, 0.2) is 0 Å². The van der Waals surface area contributed by atoms with E-state index in [1.807, 2.05) is 0 Å². The van der Waals surface area contributed by atoms with Crippen molar-refractivity contribution in [1.29, 1.82) is 0 Å². The quantitative estimate of drug-likeness (QED) is 0.326. The molecule has 0 unspecified atom stereocenters. The average Bonchev–Trinajstić information content (AvgIpc) is 1.72. The van der Waals surface area contributed by atoms with Crippen molar-refractivity contribution >= 4 is 22.9 Å². The molecule has 0 aliphatic rings. The van der Waals surface area contributed by atoms with Crippen LogP contribution in [0.3, 0.4) is 0 Å². The van der Waals surface area contributed by atoms with Crippen LogP contribution < -0.4 is 0 Å². The molecule has 3 radical (unpaired) electrons. The second kappa shape index (κ2) is 4.20. The molecule has 0 saturated carbocycles. The summed E-state index contributed by atoms with van der Waals surface area (Å²) in [6.45, 7) is 0. The van der Waals surface area contributed by atoms with Gasteiger partial charge in [0.05, 0.1) is 0 Å². The molecule has 0 aromatic heterocycles. The largest absolute Gasteiger partial charge is 0.441 e. The fraction of sp³-hybridized carbons (Fsp3) is 0. The fourth-order valence-electron chi connectivity index (χ4n) is 0.0894. The summed E-state index contributed by atoms with van der Waals surface area (Å²) < 4.78 is 0.667. The van der Waals surface area contributed by atoms with E-state index in [-0.39, 0.29) is 0 Å². The second-order valence-electron chi connectivity index (χ2n) is 0.794. The van der Waals surface area contributed by atoms with Crippen LogP contribution in [-0.4, -0.2) is 42.6 Å². The van der Waals surface area contributed by atoms with E-state index in [1.54, 1.807) is 0 Å². The van der Waals surface area contributed by atoms with Gasteiger partial charge in [-0.3, -0.25) is 0 Å². The molecule has 0 atom stereocenters. The van der Waals surface area contributed by atoms with E-state index in [2.05, 4.69) is 0 Å². The van der Waals surface area contributed by atoms with Gasteiger partial charge in [0.15, 0.2) is 0 Å². The van der Waals surface area contributed by atoms with E-state index in [0.29, 0.717) is 27.5 Å². The molecule has 0 aliphatic carbocycles. The summed E-state index contributed by atoms with van der Waals surface area (Å²) >= 11 is 0. The second-order valence-corrected chi connectivity index (χ2v) is 0.794. The van der Waals surface area contributed by atoms with Crippen LogP contribution >= 0.6 is 0 Å². The van der Waals surface area contributed by atoms with Crippen LogP contribution in [0.1, 0.15) is 0 Å². The molecule has 0 amide bonds. The lowest BCUT2D eigenvalue weighted by molar-refractivity contribution is 0.496. The maximum absolute atomic E-state index is 7.94. The zero-order valence-corrected chi connectivity index (χ0v) is 3.52. The van der Waals surface area contributed by atoms with E-state index in [4.69, 9.17) is 15.1 Å². The highest BCUT2D eigenvalue weighted by Gasteiger charge is 2.04. The lowest BCUT2D eigenvalue weighted by Gasteiger charge is -2.04. The molecule has 7 heteroatoms. The van der Waals surface area contributed by atoms with Crippen molar-refractivity contribution in [3.05, 3.63) is 0 Å². The summed E-state index contributed by atoms with van der Waals surface area (Å²) in [5, 5.41) is 23.8. The van der Waals surface area contributed by atoms with Crippen molar-refractivity contribution in [2.75, 3.05) is 0 Å². The van der Waals surface area contributed by atoms with Crippen molar-refractivity contribution in [1.82, 2.24) is 4.63 Å². The van der Waals surface area contributed by atoms with Crippen LogP contribution in [0.5, 0.6) is 0 Å². The Morgan fingerprint density at radius 1 is 0.857 bits per heavy atom. The molecule has 4 nitrogen and oxygen atoms in total. The third-order valence-electron chi connectivity index (χ3n) is 0.400. The van der Waals surface area contributed by atoms with Crippen LogP contribution in [0, 0.1) is 0 Å². The van der Waals surface area contributed by atoms with Gasteiger partial charge in [0.25, 0.3) is 0 Å². The number of hydrogen-bond acceptors (Lipinski definition) is 4. The monoisotopic (exact) mass is 98.0 g/mol. The zero-order chi connectivity index (χ0) is 5.70. The van der Waals surface area contributed by atoms with Gasteiger partial charge in [0.2, 0.25) is 0 Å². The molecule has 0 aromatic rings. The lowest BCUT2D eigenvalue weighted by Crippen LogP contribution is -2.35. The van der Waals surface area contributed by atoms with Gasteiger partial charge in [0.1, 0.15) is 0 Å². The third kappa shape index (κ3) is 2.70. The highest BCUT2D eigenvalue weighted by Crippen LogP contribution is 1.66. The Labute approximate surface area is 43.7 Å². The number of nitrogens with zero attached hydrogens (tertiary/aromatic N) is 1. The van der Waals surface area contributed by atoms with Crippen molar-refractivity contribution in [3.8, 4) is 0 Å². The van der Waals surface area contributed by atoms with Gasteiger partial charge in [-0.25, -0.2) is 0 Å². The summed E-state index contributed by atoms with van der Waals surface area (Å²) in [5.41, 5.74) is 0. The molecule has 0 spiro atoms. The standard InChI is InChI=1S/B3H3NO3/c5-1-4(2-6)3-7/h5-7H. The molecule has 0 bridgehead atoms. The Morgan fingerprint density at radius 3 is 1.14 bits per heavy atom. The maximum Gasteiger partial charge on any atom is 0.374 e. The lowest BCUT2D eigenvalue weighted by atomic mass is 9.92. The Hall–Kier alpha value is 0.0348. The summed E-state index contributed by atoms with van der Waals surface area (Å²) in [5.74, 6) is 0. The topological polar surface area (TPSA) is 63.9 Å². The predicted octanol–water partition coefficient (Wildman–Crippen LogP) is -3.13. The zero-order valence-electron chi connectivity index (χ0n) is 3.52. The highest BCUT2D eigenvalue weighted by molar-refractivity contribution is 6.57. The van der Waals surface area contributed by atoms with E-state index in [1.165, 1.54) is 0 Å². The number of hydrogen-bond donors (Lipinski definition) is 3. The molecule has 0 rings (SSSR count). The molecule has 3 N–H and O–H groups in total. The SMILES string of the molecule is O[B]N([B]O)[B]O. The van der Waals surface area contributed by atoms with Gasteiger partial charge in [-0.15, -0.1) is 0 Å². The van der Waals surface area contributed by atoms with Crippen LogP contribution in [-0.2, 0) is 0 Å². The van der Waals surface area contributed by atoms with E-state index in [0.717, 1.165) is 0 Å². The first-order chi connectivity index (χ1) is 3.35. The van der Waals surface area contributed by atoms with E-state index < -0.39 is 0 Å².